The van der Waals surface area contributed by atoms with Crippen molar-refractivity contribution in [3.8, 4) is 0 Å². The van der Waals surface area contributed by atoms with E-state index in [1.54, 1.807) is 6.07 Å². The highest BCUT2D eigenvalue weighted by molar-refractivity contribution is 7.14. The van der Waals surface area contributed by atoms with Gasteiger partial charge in [-0.15, -0.1) is 11.3 Å². The molecule has 2 aromatic heterocycles. The number of hydrogen-bond acceptors (Lipinski definition) is 3. The molecular weight excluding hydrogens is 258 g/mol. The quantitative estimate of drug-likeness (QED) is 0.436. The van der Waals surface area contributed by atoms with Crippen LogP contribution in [0.25, 0.3) is 10.9 Å². The standard InChI is InChI=1S/C14H13N3OS/c15-16-14(18)13-6-5-11(19-13)9-17-8-7-10-3-1-2-4-12(10)17/h1-8H,9,15H2,(H,16,18). The molecule has 0 fully saturated rings. The lowest BCUT2D eigenvalue weighted by Crippen LogP contribution is -2.29. The SMILES string of the molecule is NNC(=O)c1ccc(Cn2ccc3ccccc32)s1. The Balaban J connectivity index is 1.89. The van der Waals surface area contributed by atoms with Gasteiger partial charge >= 0.3 is 0 Å². The van der Waals surface area contributed by atoms with E-state index < -0.39 is 0 Å². The number of hydrazine groups is 1. The number of para-hydroxylation sites is 1. The number of carbonyl (C=O) groups excluding carboxylic acids is 1. The van der Waals surface area contributed by atoms with Gasteiger partial charge in [-0.05, 0) is 29.7 Å². The molecule has 0 aliphatic heterocycles. The second-order valence-corrected chi connectivity index (χ2v) is 5.41. The Morgan fingerprint density at radius 2 is 2.05 bits per heavy atom. The predicted octanol–water partition coefficient (Wildman–Crippen LogP) is 2.35. The molecule has 0 unspecified atom stereocenters. The third-order valence-electron chi connectivity index (χ3n) is 3.02. The Bertz CT molecular complexity index is 729. The number of rotatable bonds is 3. The van der Waals surface area contributed by atoms with E-state index in [-0.39, 0.29) is 5.91 Å². The lowest BCUT2D eigenvalue weighted by molar-refractivity contribution is 0.0957. The second kappa shape index (κ2) is 4.87. The number of fused-ring (bicyclic) bond motifs is 1. The number of hydrogen-bond donors (Lipinski definition) is 2. The van der Waals surface area contributed by atoms with Crippen LogP contribution in [0.1, 0.15) is 14.5 Å². The van der Waals surface area contributed by atoms with Crippen molar-refractivity contribution in [2.45, 2.75) is 6.54 Å². The minimum absolute atomic E-state index is 0.242. The zero-order chi connectivity index (χ0) is 13.2. The van der Waals surface area contributed by atoms with Gasteiger partial charge in [0.15, 0.2) is 0 Å². The van der Waals surface area contributed by atoms with Crippen molar-refractivity contribution in [1.82, 2.24) is 9.99 Å². The lowest BCUT2D eigenvalue weighted by atomic mass is 10.2. The van der Waals surface area contributed by atoms with Crippen LogP contribution >= 0.6 is 11.3 Å². The van der Waals surface area contributed by atoms with Gasteiger partial charge in [-0.25, -0.2) is 5.84 Å². The Morgan fingerprint density at radius 1 is 1.21 bits per heavy atom. The molecular formula is C14H13N3OS. The van der Waals surface area contributed by atoms with E-state index >= 15 is 0 Å². The fourth-order valence-electron chi connectivity index (χ4n) is 2.10. The average Bonchev–Trinajstić information content (AvgIpc) is 3.06. The summed E-state index contributed by atoms with van der Waals surface area (Å²) in [5.41, 5.74) is 3.34. The number of amides is 1. The molecule has 0 saturated carbocycles. The summed E-state index contributed by atoms with van der Waals surface area (Å²) < 4.78 is 2.17. The number of nitrogens with zero attached hydrogens (tertiary/aromatic N) is 1. The van der Waals surface area contributed by atoms with E-state index in [9.17, 15) is 4.79 Å². The minimum atomic E-state index is -0.242. The topological polar surface area (TPSA) is 60.0 Å². The fourth-order valence-corrected chi connectivity index (χ4v) is 3.01. The summed E-state index contributed by atoms with van der Waals surface area (Å²) in [6, 6.07) is 14.1. The van der Waals surface area contributed by atoms with Crippen LogP contribution in [0.2, 0.25) is 0 Å². The highest BCUT2D eigenvalue weighted by atomic mass is 32.1. The lowest BCUT2D eigenvalue weighted by Gasteiger charge is -2.02. The van der Waals surface area contributed by atoms with Crippen LogP contribution in [0.15, 0.2) is 48.7 Å². The Labute approximate surface area is 114 Å². The molecule has 0 aliphatic rings. The Morgan fingerprint density at radius 3 is 2.89 bits per heavy atom. The third kappa shape index (κ3) is 2.25. The summed E-state index contributed by atoms with van der Waals surface area (Å²) in [7, 11) is 0. The molecule has 1 aromatic carbocycles. The van der Waals surface area contributed by atoms with Crippen molar-refractivity contribution in [3.05, 3.63) is 58.4 Å². The van der Waals surface area contributed by atoms with E-state index in [1.807, 2.05) is 18.2 Å². The number of nitrogen functional groups attached to an aromatic ring is 1. The molecule has 3 N–H and O–H groups in total. The molecule has 0 radical (unpaired) electrons. The van der Waals surface area contributed by atoms with E-state index in [1.165, 1.54) is 22.2 Å². The molecule has 4 nitrogen and oxygen atoms in total. The number of aromatic nitrogens is 1. The van der Waals surface area contributed by atoms with Crippen LogP contribution in [-0.2, 0) is 6.54 Å². The average molecular weight is 271 g/mol. The maximum atomic E-state index is 11.4. The maximum Gasteiger partial charge on any atom is 0.275 e. The summed E-state index contributed by atoms with van der Waals surface area (Å²) in [5, 5.41) is 1.22. The molecule has 0 atom stereocenters. The molecule has 0 aliphatic carbocycles. The number of nitrogens with one attached hydrogen (secondary N) is 1. The molecule has 0 saturated heterocycles. The Kier molecular flexibility index (Phi) is 3.06. The van der Waals surface area contributed by atoms with Crippen molar-refractivity contribution < 1.29 is 4.79 Å². The largest absolute Gasteiger partial charge is 0.342 e. The third-order valence-corrected chi connectivity index (χ3v) is 4.09. The Hall–Kier alpha value is -2.11. The number of nitrogens with two attached hydrogens (primary N) is 1. The summed E-state index contributed by atoms with van der Waals surface area (Å²) in [5.74, 6) is 4.88. The van der Waals surface area contributed by atoms with E-state index in [4.69, 9.17) is 5.84 Å². The van der Waals surface area contributed by atoms with Crippen molar-refractivity contribution in [2.24, 2.45) is 5.84 Å². The van der Waals surface area contributed by atoms with Gasteiger partial charge in [0.2, 0.25) is 0 Å². The summed E-state index contributed by atoms with van der Waals surface area (Å²) in [6.07, 6.45) is 2.06. The molecule has 3 aromatic rings. The van der Waals surface area contributed by atoms with Crippen LogP contribution in [0.5, 0.6) is 0 Å². The second-order valence-electron chi connectivity index (χ2n) is 4.24. The van der Waals surface area contributed by atoms with Gasteiger partial charge in [-0.1, -0.05) is 18.2 Å². The van der Waals surface area contributed by atoms with Gasteiger partial charge in [0, 0.05) is 16.6 Å². The van der Waals surface area contributed by atoms with Crippen LogP contribution in [0.4, 0.5) is 0 Å². The van der Waals surface area contributed by atoms with Gasteiger partial charge < -0.3 is 4.57 Å². The summed E-state index contributed by atoms with van der Waals surface area (Å²) in [6.45, 7) is 0.760. The van der Waals surface area contributed by atoms with Gasteiger partial charge in [0.05, 0.1) is 11.4 Å². The normalized spacial score (nSPS) is 10.8. The van der Waals surface area contributed by atoms with Crippen molar-refractivity contribution in [2.75, 3.05) is 0 Å². The summed E-state index contributed by atoms with van der Waals surface area (Å²) >= 11 is 1.46. The fraction of sp³-hybridized carbons (Fsp3) is 0.0714. The van der Waals surface area contributed by atoms with Gasteiger partial charge in [-0.3, -0.25) is 10.2 Å². The van der Waals surface area contributed by atoms with Crippen LogP contribution in [-0.4, -0.2) is 10.5 Å². The zero-order valence-electron chi connectivity index (χ0n) is 10.2. The van der Waals surface area contributed by atoms with Crippen LogP contribution < -0.4 is 11.3 Å². The minimum Gasteiger partial charge on any atom is -0.342 e. The maximum absolute atomic E-state index is 11.4. The molecule has 0 bridgehead atoms. The van der Waals surface area contributed by atoms with Crippen molar-refractivity contribution in [1.29, 1.82) is 0 Å². The van der Waals surface area contributed by atoms with E-state index in [0.717, 1.165) is 11.4 Å². The molecule has 2 heterocycles. The predicted molar refractivity (Wildman–Crippen MR) is 77.0 cm³/mol. The first-order valence-corrected chi connectivity index (χ1v) is 6.73. The van der Waals surface area contributed by atoms with E-state index in [2.05, 4.69) is 34.4 Å². The number of benzene rings is 1. The van der Waals surface area contributed by atoms with Crippen molar-refractivity contribution in [3.63, 3.8) is 0 Å². The molecule has 96 valence electrons. The van der Waals surface area contributed by atoms with Gasteiger partial charge in [0.25, 0.3) is 5.91 Å². The van der Waals surface area contributed by atoms with Crippen molar-refractivity contribution >= 4 is 28.1 Å². The number of thiophene rings is 1. The first-order chi connectivity index (χ1) is 9.28. The molecule has 1 amide bonds. The molecule has 5 heteroatoms. The highest BCUT2D eigenvalue weighted by Gasteiger charge is 2.08. The first-order valence-electron chi connectivity index (χ1n) is 5.91. The zero-order valence-corrected chi connectivity index (χ0v) is 11.0. The molecule has 3 rings (SSSR count). The first kappa shape index (κ1) is 12.0. The highest BCUT2D eigenvalue weighted by Crippen LogP contribution is 2.21. The van der Waals surface area contributed by atoms with Crippen LogP contribution in [0, 0.1) is 0 Å². The smallest absolute Gasteiger partial charge is 0.275 e. The molecule has 0 spiro atoms. The van der Waals surface area contributed by atoms with Gasteiger partial charge in [0.1, 0.15) is 0 Å². The number of carbonyl (C=O) groups is 1. The molecule has 19 heavy (non-hydrogen) atoms. The monoisotopic (exact) mass is 271 g/mol. The van der Waals surface area contributed by atoms with Gasteiger partial charge in [-0.2, -0.15) is 0 Å². The van der Waals surface area contributed by atoms with E-state index in [0.29, 0.717) is 4.88 Å². The summed E-state index contributed by atoms with van der Waals surface area (Å²) in [4.78, 5) is 13.2. The van der Waals surface area contributed by atoms with Crippen LogP contribution in [0.3, 0.4) is 0 Å².